The van der Waals surface area contributed by atoms with Gasteiger partial charge in [0, 0.05) is 12.2 Å². The van der Waals surface area contributed by atoms with Crippen molar-refractivity contribution < 1.29 is 14.3 Å². The number of rotatable bonds is 6. The van der Waals surface area contributed by atoms with Gasteiger partial charge >= 0.3 is 0 Å². The molecule has 122 valence electrons. The molecular formula is C16H19N3O3S. The minimum atomic E-state index is -0.200. The maximum atomic E-state index is 12.2. The molecule has 1 saturated heterocycles. The number of carbonyl (C=O) groups is 1. The van der Waals surface area contributed by atoms with E-state index in [-0.39, 0.29) is 12.0 Å². The van der Waals surface area contributed by atoms with E-state index in [0.717, 1.165) is 36.6 Å². The van der Waals surface area contributed by atoms with Crippen LogP contribution in [0.5, 0.6) is 5.75 Å². The number of aryl methyl sites for hydroxylation is 1. The van der Waals surface area contributed by atoms with Crippen LogP contribution in [0.1, 0.15) is 35.1 Å². The number of nitrogens with one attached hydrogen (secondary N) is 1. The molecule has 1 aliphatic heterocycles. The molecule has 3 rings (SSSR count). The largest absolute Gasteiger partial charge is 0.491 e. The monoisotopic (exact) mass is 333 g/mol. The van der Waals surface area contributed by atoms with Gasteiger partial charge in [-0.2, -0.15) is 0 Å². The van der Waals surface area contributed by atoms with Crippen LogP contribution >= 0.6 is 11.3 Å². The SMILES string of the molecule is CCc1nnc(NC(=O)c2ccc(OC[C@H]3CCCO3)cc2)s1. The van der Waals surface area contributed by atoms with Crippen LogP contribution in [0.25, 0.3) is 0 Å². The minimum absolute atomic E-state index is 0.183. The van der Waals surface area contributed by atoms with Crippen molar-refractivity contribution in [3.05, 3.63) is 34.8 Å². The zero-order valence-corrected chi connectivity index (χ0v) is 13.8. The van der Waals surface area contributed by atoms with E-state index in [1.54, 1.807) is 24.3 Å². The summed E-state index contributed by atoms with van der Waals surface area (Å²) in [6, 6.07) is 7.06. The first-order chi connectivity index (χ1) is 11.2. The Morgan fingerprint density at radius 3 is 2.87 bits per heavy atom. The zero-order valence-electron chi connectivity index (χ0n) is 12.9. The summed E-state index contributed by atoms with van der Waals surface area (Å²) < 4.78 is 11.2. The quantitative estimate of drug-likeness (QED) is 0.880. The predicted molar refractivity (Wildman–Crippen MR) is 88.2 cm³/mol. The van der Waals surface area contributed by atoms with Gasteiger partial charge in [0.25, 0.3) is 5.91 Å². The van der Waals surface area contributed by atoms with Gasteiger partial charge < -0.3 is 9.47 Å². The zero-order chi connectivity index (χ0) is 16.1. The molecule has 1 N–H and O–H groups in total. The van der Waals surface area contributed by atoms with Crippen LogP contribution in [0, 0.1) is 0 Å². The summed E-state index contributed by atoms with van der Waals surface area (Å²) >= 11 is 1.39. The van der Waals surface area contributed by atoms with Crippen LogP contribution < -0.4 is 10.1 Å². The normalized spacial score (nSPS) is 17.2. The molecule has 1 aliphatic rings. The van der Waals surface area contributed by atoms with Gasteiger partial charge in [-0.25, -0.2) is 0 Å². The van der Waals surface area contributed by atoms with E-state index in [1.807, 2.05) is 6.92 Å². The van der Waals surface area contributed by atoms with Crippen molar-refractivity contribution in [1.82, 2.24) is 10.2 Å². The molecule has 0 unspecified atom stereocenters. The molecule has 1 aromatic carbocycles. The molecule has 6 nitrogen and oxygen atoms in total. The summed E-state index contributed by atoms with van der Waals surface area (Å²) in [5.41, 5.74) is 0.558. The lowest BCUT2D eigenvalue weighted by Gasteiger charge is -2.11. The molecule has 7 heteroatoms. The first kappa shape index (κ1) is 15.9. The predicted octanol–water partition coefficient (Wildman–Crippen LogP) is 2.91. The van der Waals surface area contributed by atoms with Crippen LogP contribution in [0.3, 0.4) is 0 Å². The third-order valence-corrected chi connectivity index (χ3v) is 4.55. The highest BCUT2D eigenvalue weighted by Gasteiger charge is 2.16. The van der Waals surface area contributed by atoms with Crippen molar-refractivity contribution in [3.63, 3.8) is 0 Å². The van der Waals surface area contributed by atoms with Gasteiger partial charge in [-0.3, -0.25) is 10.1 Å². The molecule has 1 fully saturated rings. The van der Waals surface area contributed by atoms with Crippen LogP contribution in [-0.2, 0) is 11.2 Å². The first-order valence-corrected chi connectivity index (χ1v) is 8.54. The molecule has 2 aromatic rings. The van der Waals surface area contributed by atoms with E-state index in [0.29, 0.717) is 17.3 Å². The second kappa shape index (κ2) is 7.52. The fourth-order valence-corrected chi connectivity index (χ4v) is 2.96. The maximum absolute atomic E-state index is 12.2. The van der Waals surface area contributed by atoms with E-state index in [9.17, 15) is 4.79 Å². The van der Waals surface area contributed by atoms with Crippen molar-refractivity contribution in [3.8, 4) is 5.75 Å². The summed E-state index contributed by atoms with van der Waals surface area (Å²) in [6.45, 7) is 3.37. The summed E-state index contributed by atoms with van der Waals surface area (Å²) in [6.07, 6.45) is 3.13. The van der Waals surface area contributed by atoms with Crippen molar-refractivity contribution >= 4 is 22.4 Å². The highest BCUT2D eigenvalue weighted by Crippen LogP contribution is 2.19. The van der Waals surface area contributed by atoms with Crippen LogP contribution in [0.4, 0.5) is 5.13 Å². The van der Waals surface area contributed by atoms with Gasteiger partial charge in [0.15, 0.2) is 0 Å². The van der Waals surface area contributed by atoms with Crippen molar-refractivity contribution in [2.75, 3.05) is 18.5 Å². The average molecular weight is 333 g/mol. The minimum Gasteiger partial charge on any atom is -0.491 e. The van der Waals surface area contributed by atoms with Crippen molar-refractivity contribution in [2.45, 2.75) is 32.3 Å². The molecule has 0 spiro atoms. The third-order valence-electron chi connectivity index (χ3n) is 3.57. The molecule has 0 aliphatic carbocycles. The van der Waals surface area contributed by atoms with Crippen molar-refractivity contribution in [2.24, 2.45) is 0 Å². The van der Waals surface area contributed by atoms with Gasteiger partial charge in [0.2, 0.25) is 5.13 Å². The second-order valence-electron chi connectivity index (χ2n) is 5.28. The van der Waals surface area contributed by atoms with E-state index in [4.69, 9.17) is 9.47 Å². The van der Waals surface area contributed by atoms with Crippen LogP contribution in [-0.4, -0.2) is 35.4 Å². The van der Waals surface area contributed by atoms with Crippen LogP contribution in [0.2, 0.25) is 0 Å². The van der Waals surface area contributed by atoms with E-state index >= 15 is 0 Å². The van der Waals surface area contributed by atoms with Gasteiger partial charge in [-0.15, -0.1) is 10.2 Å². The topological polar surface area (TPSA) is 73.3 Å². The Morgan fingerprint density at radius 2 is 2.22 bits per heavy atom. The van der Waals surface area contributed by atoms with Gasteiger partial charge in [0.05, 0.1) is 6.10 Å². The number of hydrogen-bond donors (Lipinski definition) is 1. The summed E-state index contributed by atoms with van der Waals surface area (Å²) in [5, 5.41) is 12.1. The van der Waals surface area contributed by atoms with E-state index in [1.165, 1.54) is 11.3 Å². The molecule has 1 aromatic heterocycles. The Kier molecular flexibility index (Phi) is 5.19. The Labute approximate surface area is 138 Å². The average Bonchev–Trinajstić information content (AvgIpc) is 3.25. The molecule has 2 heterocycles. The van der Waals surface area contributed by atoms with Gasteiger partial charge in [-0.1, -0.05) is 18.3 Å². The lowest BCUT2D eigenvalue weighted by atomic mass is 10.2. The number of anilines is 1. The Morgan fingerprint density at radius 1 is 1.39 bits per heavy atom. The number of hydrogen-bond acceptors (Lipinski definition) is 6. The third kappa shape index (κ3) is 4.27. The number of ether oxygens (including phenoxy) is 2. The molecule has 1 amide bonds. The Hall–Kier alpha value is -1.99. The summed E-state index contributed by atoms with van der Waals surface area (Å²) in [7, 11) is 0. The lowest BCUT2D eigenvalue weighted by molar-refractivity contribution is 0.0679. The number of benzene rings is 1. The number of nitrogens with zero attached hydrogens (tertiary/aromatic N) is 2. The van der Waals surface area contributed by atoms with Crippen LogP contribution in [0.15, 0.2) is 24.3 Å². The fraction of sp³-hybridized carbons (Fsp3) is 0.438. The molecule has 0 saturated carbocycles. The lowest BCUT2D eigenvalue weighted by Crippen LogP contribution is -2.16. The smallest absolute Gasteiger partial charge is 0.257 e. The molecule has 23 heavy (non-hydrogen) atoms. The molecular weight excluding hydrogens is 314 g/mol. The van der Waals surface area contributed by atoms with Gasteiger partial charge in [-0.05, 0) is 43.5 Å². The van der Waals surface area contributed by atoms with E-state index < -0.39 is 0 Å². The Balaban J connectivity index is 1.54. The highest BCUT2D eigenvalue weighted by molar-refractivity contribution is 7.15. The molecule has 0 radical (unpaired) electrons. The highest BCUT2D eigenvalue weighted by atomic mass is 32.1. The van der Waals surface area contributed by atoms with Crippen molar-refractivity contribution in [1.29, 1.82) is 0 Å². The molecule has 0 bridgehead atoms. The second-order valence-corrected chi connectivity index (χ2v) is 6.34. The first-order valence-electron chi connectivity index (χ1n) is 7.73. The van der Waals surface area contributed by atoms with E-state index in [2.05, 4.69) is 15.5 Å². The fourth-order valence-electron chi connectivity index (χ4n) is 2.28. The molecule has 1 atom stereocenters. The maximum Gasteiger partial charge on any atom is 0.257 e. The standard InChI is InChI=1S/C16H19N3O3S/c1-2-14-18-19-16(23-14)17-15(20)11-5-7-12(8-6-11)22-10-13-4-3-9-21-13/h5-8,13H,2-4,9-10H2,1H3,(H,17,19,20)/t13-/m1/s1. The number of carbonyl (C=O) groups excluding carboxylic acids is 1. The summed E-state index contributed by atoms with van der Waals surface area (Å²) in [5.74, 6) is 0.538. The number of aromatic nitrogens is 2. The van der Waals surface area contributed by atoms with Gasteiger partial charge in [0.1, 0.15) is 17.4 Å². The Bertz CT molecular complexity index is 651. The summed E-state index contributed by atoms with van der Waals surface area (Å²) in [4.78, 5) is 12.2. The number of amides is 1.